The topological polar surface area (TPSA) is 92.0 Å². The first-order valence-electron chi connectivity index (χ1n) is 6.57. The standard InChI is InChI=1S/C15H15N3O2S/c1-8-14(15(19)20)18-13(21-8)6-11(16)10-7-17-12-5-3-2-4-9(10)12/h2-5,7,11,17H,6,16H2,1H3,(H,19,20). The van der Waals surface area contributed by atoms with Gasteiger partial charge in [0.15, 0.2) is 5.69 Å². The Balaban J connectivity index is 1.88. The van der Waals surface area contributed by atoms with Gasteiger partial charge in [0, 0.05) is 34.4 Å². The predicted octanol–water partition coefficient (Wildman–Crippen LogP) is 2.87. The van der Waals surface area contributed by atoms with Crippen molar-refractivity contribution in [1.29, 1.82) is 0 Å². The van der Waals surface area contributed by atoms with E-state index in [1.807, 2.05) is 30.5 Å². The van der Waals surface area contributed by atoms with Gasteiger partial charge in [0.25, 0.3) is 0 Å². The minimum absolute atomic E-state index is 0.126. The van der Waals surface area contributed by atoms with Gasteiger partial charge >= 0.3 is 5.97 Å². The van der Waals surface area contributed by atoms with E-state index in [1.165, 1.54) is 11.3 Å². The number of fused-ring (bicyclic) bond motifs is 1. The molecule has 5 nitrogen and oxygen atoms in total. The van der Waals surface area contributed by atoms with Gasteiger partial charge in [-0.2, -0.15) is 0 Å². The van der Waals surface area contributed by atoms with Crippen LogP contribution in [0.2, 0.25) is 0 Å². The number of nitrogens with two attached hydrogens (primary N) is 1. The van der Waals surface area contributed by atoms with Crippen molar-refractivity contribution in [2.75, 3.05) is 0 Å². The van der Waals surface area contributed by atoms with Crippen LogP contribution in [-0.2, 0) is 6.42 Å². The average molecular weight is 301 g/mol. The molecule has 2 heterocycles. The summed E-state index contributed by atoms with van der Waals surface area (Å²) in [4.78, 5) is 19.1. The number of hydrogen-bond donors (Lipinski definition) is 3. The maximum atomic E-state index is 11.0. The monoisotopic (exact) mass is 301 g/mol. The highest BCUT2D eigenvalue weighted by molar-refractivity contribution is 7.11. The fourth-order valence-electron chi connectivity index (χ4n) is 2.44. The lowest BCUT2D eigenvalue weighted by Gasteiger charge is -2.08. The first kappa shape index (κ1) is 13.8. The maximum absolute atomic E-state index is 11.0. The summed E-state index contributed by atoms with van der Waals surface area (Å²) in [5.41, 5.74) is 8.47. The number of aromatic nitrogens is 2. The Bertz CT molecular complexity index is 806. The predicted molar refractivity (Wildman–Crippen MR) is 82.7 cm³/mol. The van der Waals surface area contributed by atoms with E-state index in [4.69, 9.17) is 10.8 Å². The van der Waals surface area contributed by atoms with E-state index in [9.17, 15) is 4.79 Å². The third-order valence-corrected chi connectivity index (χ3v) is 4.45. The molecule has 0 fully saturated rings. The number of carbonyl (C=O) groups is 1. The molecule has 2 aromatic heterocycles. The van der Waals surface area contributed by atoms with Crippen LogP contribution in [0.1, 0.15) is 32.0 Å². The number of benzene rings is 1. The smallest absolute Gasteiger partial charge is 0.355 e. The number of aromatic carboxylic acids is 1. The van der Waals surface area contributed by atoms with Crippen LogP contribution in [0, 0.1) is 6.92 Å². The molecule has 0 spiro atoms. The first-order valence-corrected chi connectivity index (χ1v) is 7.39. The Morgan fingerprint density at radius 1 is 1.48 bits per heavy atom. The molecule has 0 aliphatic carbocycles. The van der Waals surface area contributed by atoms with Crippen LogP contribution in [0.3, 0.4) is 0 Å². The van der Waals surface area contributed by atoms with E-state index < -0.39 is 5.97 Å². The Kier molecular flexibility index (Phi) is 3.48. The Morgan fingerprint density at radius 2 is 2.24 bits per heavy atom. The van der Waals surface area contributed by atoms with Crippen LogP contribution in [0.5, 0.6) is 0 Å². The lowest BCUT2D eigenvalue weighted by Crippen LogP contribution is -2.13. The first-order chi connectivity index (χ1) is 10.1. The summed E-state index contributed by atoms with van der Waals surface area (Å²) in [6, 6.07) is 7.76. The molecule has 1 atom stereocenters. The third kappa shape index (κ3) is 2.55. The van der Waals surface area contributed by atoms with Gasteiger partial charge in [-0.3, -0.25) is 0 Å². The van der Waals surface area contributed by atoms with E-state index in [0.29, 0.717) is 11.3 Å². The number of carboxylic acid groups (broad SMARTS) is 1. The van der Waals surface area contributed by atoms with E-state index in [-0.39, 0.29) is 11.7 Å². The zero-order chi connectivity index (χ0) is 15.0. The van der Waals surface area contributed by atoms with E-state index in [2.05, 4.69) is 9.97 Å². The number of para-hydroxylation sites is 1. The van der Waals surface area contributed by atoms with Crippen molar-refractivity contribution in [2.45, 2.75) is 19.4 Å². The number of H-pyrrole nitrogens is 1. The Hall–Kier alpha value is -2.18. The second-order valence-electron chi connectivity index (χ2n) is 4.92. The molecule has 0 saturated carbocycles. The highest BCUT2D eigenvalue weighted by atomic mass is 32.1. The van der Waals surface area contributed by atoms with Gasteiger partial charge < -0.3 is 15.8 Å². The zero-order valence-corrected chi connectivity index (χ0v) is 12.3. The van der Waals surface area contributed by atoms with Gasteiger partial charge in [-0.05, 0) is 18.6 Å². The molecule has 3 aromatic rings. The van der Waals surface area contributed by atoms with Crippen LogP contribution in [0.25, 0.3) is 10.9 Å². The van der Waals surface area contributed by atoms with Crippen LogP contribution in [-0.4, -0.2) is 21.0 Å². The number of thiazole rings is 1. The van der Waals surface area contributed by atoms with E-state index >= 15 is 0 Å². The normalized spacial score (nSPS) is 12.7. The molecular weight excluding hydrogens is 286 g/mol. The molecular formula is C15H15N3O2S. The van der Waals surface area contributed by atoms with Crippen molar-refractivity contribution >= 4 is 28.2 Å². The lowest BCUT2D eigenvalue weighted by molar-refractivity contribution is 0.0690. The molecule has 0 radical (unpaired) electrons. The summed E-state index contributed by atoms with van der Waals surface area (Å²) in [6.07, 6.45) is 2.44. The maximum Gasteiger partial charge on any atom is 0.355 e. The van der Waals surface area contributed by atoms with Gasteiger partial charge in [-0.1, -0.05) is 18.2 Å². The fraction of sp³-hybridized carbons (Fsp3) is 0.200. The van der Waals surface area contributed by atoms with Gasteiger partial charge in [0.1, 0.15) is 0 Å². The SMILES string of the molecule is Cc1sc(CC(N)c2c[nH]c3ccccc23)nc1C(=O)O. The summed E-state index contributed by atoms with van der Waals surface area (Å²) in [5, 5.41) is 10.9. The van der Waals surface area contributed by atoms with Gasteiger partial charge in [-0.25, -0.2) is 9.78 Å². The lowest BCUT2D eigenvalue weighted by atomic mass is 10.0. The number of nitrogens with zero attached hydrogens (tertiary/aromatic N) is 1. The summed E-state index contributed by atoms with van der Waals surface area (Å²) in [6.45, 7) is 1.77. The van der Waals surface area contributed by atoms with Crippen molar-refractivity contribution in [1.82, 2.24) is 9.97 Å². The largest absolute Gasteiger partial charge is 0.476 e. The van der Waals surface area contributed by atoms with Crippen molar-refractivity contribution in [2.24, 2.45) is 5.73 Å². The summed E-state index contributed by atoms with van der Waals surface area (Å²) in [5.74, 6) is -0.990. The molecule has 0 aliphatic rings. The molecule has 0 amide bonds. The van der Waals surface area contributed by atoms with Crippen LogP contribution in [0.15, 0.2) is 30.5 Å². The summed E-state index contributed by atoms with van der Waals surface area (Å²) >= 11 is 1.39. The number of aryl methyl sites for hydroxylation is 1. The van der Waals surface area contributed by atoms with Crippen LogP contribution in [0.4, 0.5) is 0 Å². The number of rotatable bonds is 4. The minimum Gasteiger partial charge on any atom is -0.476 e. The molecule has 4 N–H and O–H groups in total. The van der Waals surface area contributed by atoms with Gasteiger partial charge in [-0.15, -0.1) is 11.3 Å². The van der Waals surface area contributed by atoms with Crippen molar-refractivity contribution in [3.05, 3.63) is 51.6 Å². The second kappa shape index (κ2) is 5.31. The Labute approximate surface area is 125 Å². The number of carboxylic acids is 1. The highest BCUT2D eigenvalue weighted by Gasteiger charge is 2.18. The third-order valence-electron chi connectivity index (χ3n) is 3.46. The average Bonchev–Trinajstić information content (AvgIpc) is 3.02. The summed E-state index contributed by atoms with van der Waals surface area (Å²) in [7, 11) is 0. The minimum atomic E-state index is -0.990. The van der Waals surface area contributed by atoms with Gasteiger partial charge in [0.2, 0.25) is 0 Å². The van der Waals surface area contributed by atoms with Gasteiger partial charge in [0.05, 0.1) is 5.01 Å². The molecule has 0 aliphatic heterocycles. The highest BCUT2D eigenvalue weighted by Crippen LogP contribution is 2.27. The molecule has 0 bridgehead atoms. The van der Waals surface area contributed by atoms with Crippen molar-refractivity contribution in [3.8, 4) is 0 Å². The molecule has 108 valence electrons. The quantitative estimate of drug-likeness (QED) is 0.691. The van der Waals surface area contributed by atoms with Crippen molar-refractivity contribution < 1.29 is 9.90 Å². The van der Waals surface area contributed by atoms with E-state index in [0.717, 1.165) is 21.5 Å². The molecule has 1 aromatic carbocycles. The molecule has 21 heavy (non-hydrogen) atoms. The molecule has 6 heteroatoms. The molecule has 1 unspecified atom stereocenters. The number of aromatic amines is 1. The number of nitrogens with one attached hydrogen (secondary N) is 1. The van der Waals surface area contributed by atoms with Crippen LogP contribution < -0.4 is 5.73 Å². The molecule has 0 saturated heterocycles. The van der Waals surface area contributed by atoms with Crippen molar-refractivity contribution in [3.63, 3.8) is 0 Å². The summed E-state index contributed by atoms with van der Waals surface area (Å²) < 4.78 is 0. The fourth-order valence-corrected chi connectivity index (χ4v) is 3.42. The second-order valence-corrected chi connectivity index (χ2v) is 6.21. The Morgan fingerprint density at radius 3 is 2.95 bits per heavy atom. The molecule has 3 rings (SSSR count). The zero-order valence-electron chi connectivity index (χ0n) is 11.5. The number of hydrogen-bond acceptors (Lipinski definition) is 4. The van der Waals surface area contributed by atoms with E-state index in [1.54, 1.807) is 6.92 Å². The van der Waals surface area contributed by atoms with Crippen LogP contribution >= 0.6 is 11.3 Å².